The highest BCUT2D eigenvalue weighted by atomic mass is 16.2. The lowest BCUT2D eigenvalue weighted by Crippen LogP contribution is -2.40. The molecule has 1 amide bonds. The fourth-order valence-electron chi connectivity index (χ4n) is 3.06. The molecule has 1 fully saturated rings. The van der Waals surface area contributed by atoms with Crippen molar-refractivity contribution in [2.45, 2.75) is 52.1 Å². The Kier molecular flexibility index (Phi) is 5.03. The Labute approximate surface area is 127 Å². The van der Waals surface area contributed by atoms with Gasteiger partial charge in [-0.15, -0.1) is 0 Å². The predicted molar refractivity (Wildman–Crippen MR) is 84.1 cm³/mol. The molecular weight excluding hydrogens is 262 g/mol. The summed E-state index contributed by atoms with van der Waals surface area (Å²) in [6.07, 6.45) is 3.13. The monoisotopic (exact) mass is 285 g/mol. The van der Waals surface area contributed by atoms with E-state index in [0.717, 1.165) is 24.8 Å². The number of nitrogens with zero attached hydrogens (tertiary/aromatic N) is 1. The minimum Gasteiger partial charge on any atom is -0.384 e. The maximum atomic E-state index is 12.9. The number of carbonyl (C=O) groups is 1. The fraction of sp³-hybridized carbons (Fsp3) is 0.500. The van der Waals surface area contributed by atoms with Crippen molar-refractivity contribution in [3.05, 3.63) is 34.9 Å². The summed E-state index contributed by atoms with van der Waals surface area (Å²) in [6, 6.07) is 6.32. The van der Waals surface area contributed by atoms with Crippen LogP contribution in [0.2, 0.25) is 0 Å². The van der Waals surface area contributed by atoms with Crippen molar-refractivity contribution >= 4 is 5.91 Å². The van der Waals surface area contributed by atoms with Crippen LogP contribution < -0.4 is 0 Å². The second-order valence-corrected chi connectivity index (χ2v) is 5.71. The lowest BCUT2D eigenvalue weighted by molar-refractivity contribution is 0.0676. The Balaban J connectivity index is 2.38. The lowest BCUT2D eigenvalue weighted by atomic mass is 10.0. The number of aryl methyl sites for hydroxylation is 1. The van der Waals surface area contributed by atoms with Gasteiger partial charge in [-0.2, -0.15) is 0 Å². The molecule has 0 saturated carbocycles. The molecule has 1 aliphatic rings. The second kappa shape index (κ2) is 6.78. The number of benzene rings is 1. The van der Waals surface area contributed by atoms with E-state index in [1.54, 1.807) is 0 Å². The van der Waals surface area contributed by atoms with E-state index >= 15 is 0 Å². The Bertz CT molecular complexity index is 583. The van der Waals surface area contributed by atoms with Crippen LogP contribution in [0.3, 0.4) is 0 Å². The predicted octanol–water partition coefficient (Wildman–Crippen LogP) is 2.74. The van der Waals surface area contributed by atoms with Gasteiger partial charge in [-0.25, -0.2) is 0 Å². The Morgan fingerprint density at radius 1 is 1.43 bits per heavy atom. The van der Waals surface area contributed by atoms with Crippen molar-refractivity contribution in [1.82, 2.24) is 4.90 Å². The minimum atomic E-state index is -0.195. The highest BCUT2D eigenvalue weighted by Crippen LogP contribution is 2.28. The van der Waals surface area contributed by atoms with E-state index in [1.165, 1.54) is 0 Å². The van der Waals surface area contributed by atoms with Crippen LogP contribution in [0, 0.1) is 18.8 Å². The third-order valence-electron chi connectivity index (χ3n) is 4.20. The van der Waals surface area contributed by atoms with Gasteiger partial charge in [0.25, 0.3) is 5.91 Å². The molecule has 21 heavy (non-hydrogen) atoms. The minimum absolute atomic E-state index is 0.0640. The molecule has 1 aromatic carbocycles. The zero-order chi connectivity index (χ0) is 15.4. The summed E-state index contributed by atoms with van der Waals surface area (Å²) < 4.78 is 0. The van der Waals surface area contributed by atoms with Gasteiger partial charge in [0.1, 0.15) is 6.61 Å². The van der Waals surface area contributed by atoms with Crippen LogP contribution in [0.25, 0.3) is 0 Å². The first-order valence-corrected chi connectivity index (χ1v) is 7.61. The van der Waals surface area contributed by atoms with Crippen LogP contribution in [0.1, 0.15) is 54.6 Å². The van der Waals surface area contributed by atoms with E-state index in [0.29, 0.717) is 17.2 Å². The molecule has 2 unspecified atom stereocenters. The number of hydrogen-bond acceptors (Lipinski definition) is 2. The molecule has 1 aliphatic heterocycles. The topological polar surface area (TPSA) is 40.5 Å². The van der Waals surface area contributed by atoms with Crippen molar-refractivity contribution in [2.24, 2.45) is 0 Å². The van der Waals surface area contributed by atoms with Crippen LogP contribution in [0.4, 0.5) is 0 Å². The maximum Gasteiger partial charge on any atom is 0.255 e. The van der Waals surface area contributed by atoms with E-state index in [-0.39, 0.29) is 18.6 Å². The normalized spacial score (nSPS) is 21.0. The number of hydrogen-bond donors (Lipinski definition) is 1. The van der Waals surface area contributed by atoms with Gasteiger partial charge in [0.05, 0.1) is 5.56 Å². The van der Waals surface area contributed by atoms with E-state index in [2.05, 4.69) is 25.7 Å². The van der Waals surface area contributed by atoms with E-state index in [4.69, 9.17) is 5.11 Å². The molecule has 1 N–H and O–H groups in total. The molecule has 1 aromatic rings. The van der Waals surface area contributed by atoms with Gasteiger partial charge in [-0.1, -0.05) is 24.8 Å². The van der Waals surface area contributed by atoms with Gasteiger partial charge in [0.2, 0.25) is 0 Å². The van der Waals surface area contributed by atoms with E-state index in [9.17, 15) is 4.79 Å². The smallest absolute Gasteiger partial charge is 0.255 e. The van der Waals surface area contributed by atoms with Crippen LogP contribution >= 0.6 is 0 Å². The molecular formula is C18H23NO2. The third kappa shape index (κ3) is 3.28. The largest absolute Gasteiger partial charge is 0.384 e. The summed E-state index contributed by atoms with van der Waals surface area (Å²) in [5.41, 5.74) is 2.42. The fourth-order valence-corrected chi connectivity index (χ4v) is 3.06. The van der Waals surface area contributed by atoms with E-state index < -0.39 is 0 Å². The first-order chi connectivity index (χ1) is 10.1. The molecule has 0 aromatic heterocycles. The number of likely N-dealkylation sites (tertiary alicyclic amines) is 1. The standard InChI is InChI=1S/C18H23NO2/c1-4-16-9-8-14(3)19(16)18(21)17-10-7-13(2)12-15(17)6-5-11-20/h7,10,12,14,16,20H,4,8-9,11H2,1-3H3. The zero-order valence-corrected chi connectivity index (χ0v) is 13.0. The summed E-state index contributed by atoms with van der Waals surface area (Å²) >= 11 is 0. The van der Waals surface area contributed by atoms with Gasteiger partial charge >= 0.3 is 0 Å². The molecule has 0 radical (unpaired) electrons. The average Bonchev–Trinajstić information content (AvgIpc) is 2.85. The molecule has 0 spiro atoms. The molecule has 0 bridgehead atoms. The highest BCUT2D eigenvalue weighted by Gasteiger charge is 2.34. The Morgan fingerprint density at radius 3 is 2.86 bits per heavy atom. The van der Waals surface area contributed by atoms with Crippen LogP contribution in [-0.2, 0) is 0 Å². The maximum absolute atomic E-state index is 12.9. The molecule has 2 atom stereocenters. The summed E-state index contributed by atoms with van der Waals surface area (Å²) in [6.45, 7) is 6.02. The molecule has 3 nitrogen and oxygen atoms in total. The van der Waals surface area contributed by atoms with Crippen LogP contribution in [0.5, 0.6) is 0 Å². The lowest BCUT2D eigenvalue weighted by Gasteiger charge is -2.28. The van der Waals surface area contributed by atoms with Gasteiger partial charge in [0, 0.05) is 17.6 Å². The quantitative estimate of drug-likeness (QED) is 0.849. The highest BCUT2D eigenvalue weighted by molar-refractivity contribution is 5.97. The SMILES string of the molecule is CCC1CCC(C)N1C(=O)c1ccc(C)cc1C#CCO. The number of amides is 1. The molecule has 2 rings (SSSR count). The zero-order valence-electron chi connectivity index (χ0n) is 13.0. The number of aliphatic hydroxyl groups is 1. The van der Waals surface area contributed by atoms with Crippen molar-refractivity contribution < 1.29 is 9.90 Å². The molecule has 0 aliphatic carbocycles. The molecule has 3 heteroatoms. The van der Waals surface area contributed by atoms with Gasteiger partial charge in [-0.05, 0) is 50.8 Å². The van der Waals surface area contributed by atoms with E-state index in [1.807, 2.05) is 30.0 Å². The third-order valence-corrected chi connectivity index (χ3v) is 4.20. The van der Waals surface area contributed by atoms with Gasteiger partial charge < -0.3 is 10.0 Å². The number of carbonyl (C=O) groups excluding carboxylic acids is 1. The van der Waals surface area contributed by atoms with Crippen molar-refractivity contribution in [3.63, 3.8) is 0 Å². The summed E-state index contributed by atoms with van der Waals surface area (Å²) in [7, 11) is 0. The average molecular weight is 285 g/mol. The Hall–Kier alpha value is -1.79. The van der Waals surface area contributed by atoms with Crippen LogP contribution in [-0.4, -0.2) is 34.6 Å². The first kappa shape index (κ1) is 15.6. The summed E-state index contributed by atoms with van der Waals surface area (Å²) in [4.78, 5) is 14.9. The van der Waals surface area contributed by atoms with Crippen molar-refractivity contribution in [3.8, 4) is 11.8 Å². The van der Waals surface area contributed by atoms with Gasteiger partial charge in [0.15, 0.2) is 0 Å². The Morgan fingerprint density at radius 2 is 2.19 bits per heavy atom. The second-order valence-electron chi connectivity index (χ2n) is 5.71. The molecule has 1 heterocycles. The van der Waals surface area contributed by atoms with Gasteiger partial charge in [-0.3, -0.25) is 4.79 Å². The van der Waals surface area contributed by atoms with Crippen molar-refractivity contribution in [1.29, 1.82) is 0 Å². The summed E-state index contributed by atoms with van der Waals surface area (Å²) in [5.74, 6) is 5.62. The summed E-state index contributed by atoms with van der Waals surface area (Å²) in [5, 5.41) is 8.89. The molecule has 1 saturated heterocycles. The van der Waals surface area contributed by atoms with Crippen LogP contribution in [0.15, 0.2) is 18.2 Å². The number of rotatable bonds is 2. The number of aliphatic hydroxyl groups excluding tert-OH is 1. The first-order valence-electron chi connectivity index (χ1n) is 7.61. The van der Waals surface area contributed by atoms with Crippen molar-refractivity contribution in [2.75, 3.05) is 6.61 Å². The molecule has 112 valence electrons.